The number of nitrogens with two attached hydrogens (primary N) is 1. The van der Waals surface area contributed by atoms with Crippen molar-refractivity contribution in [3.05, 3.63) is 32.7 Å². The minimum atomic E-state index is -0.593. The van der Waals surface area contributed by atoms with Gasteiger partial charge in [0.05, 0.1) is 12.7 Å². The van der Waals surface area contributed by atoms with E-state index < -0.39 is 11.8 Å². The van der Waals surface area contributed by atoms with Crippen molar-refractivity contribution in [3.63, 3.8) is 0 Å². The first-order valence-electron chi connectivity index (χ1n) is 6.83. The third-order valence-electron chi connectivity index (χ3n) is 3.72. The smallest absolute Gasteiger partial charge is 0.311 e. The molecule has 3 rings (SSSR count). The number of hydrogen-bond acceptors (Lipinski definition) is 7. The molecule has 1 aliphatic rings. The Labute approximate surface area is 128 Å². The molecule has 1 fully saturated rings. The second-order valence-corrected chi connectivity index (χ2v) is 6.15. The van der Waals surface area contributed by atoms with Gasteiger partial charge in [-0.25, -0.2) is 0 Å². The molecule has 3 atom stereocenters. The van der Waals surface area contributed by atoms with Gasteiger partial charge in [0.1, 0.15) is 10.9 Å². The van der Waals surface area contributed by atoms with Crippen LogP contribution in [0.15, 0.2) is 22.2 Å². The zero-order valence-corrected chi connectivity index (χ0v) is 12.5. The van der Waals surface area contributed by atoms with Crippen LogP contribution in [0.25, 0.3) is 10.3 Å². The molecule has 4 N–H and O–H groups in total. The number of aromatic nitrogens is 3. The van der Waals surface area contributed by atoms with Gasteiger partial charge in [0.2, 0.25) is 5.95 Å². The highest BCUT2D eigenvalue weighted by molar-refractivity contribution is 7.16. The quantitative estimate of drug-likeness (QED) is 0.690. The first kappa shape index (κ1) is 14.9. The Morgan fingerprint density at radius 3 is 3.05 bits per heavy atom. The summed E-state index contributed by atoms with van der Waals surface area (Å²) in [5.74, 6) is -0.0755. The molecule has 0 radical (unpaired) electrons. The fraction of sp³-hybridized carbons (Fsp3) is 0.462. The molecular formula is C13H16N4O4S. The van der Waals surface area contributed by atoms with E-state index in [1.807, 2.05) is 0 Å². The lowest BCUT2D eigenvalue weighted by molar-refractivity contribution is -0.0316. The number of ether oxygens (including phenoxy) is 1. The standard InChI is InChI=1S/C13H16N4O4S/c1-2-3-6-4-7(5-18)21-11(6)17-9-8(22-13(17)20)10(19)16-12(14)15-9/h2,6-7,11,18H,1,3-5H2,(H3,14,15,16,19)/t6-,7+,11-/m1/s1. The molecule has 0 amide bonds. The molecule has 0 bridgehead atoms. The molecule has 2 aromatic heterocycles. The van der Waals surface area contributed by atoms with Crippen molar-refractivity contribution in [2.75, 3.05) is 12.3 Å². The summed E-state index contributed by atoms with van der Waals surface area (Å²) >= 11 is 0.807. The number of allylic oxidation sites excluding steroid dienone is 1. The van der Waals surface area contributed by atoms with Crippen LogP contribution in [0.1, 0.15) is 19.1 Å². The van der Waals surface area contributed by atoms with Crippen molar-refractivity contribution in [1.29, 1.82) is 0 Å². The fourth-order valence-corrected chi connectivity index (χ4v) is 3.65. The Hall–Kier alpha value is -1.97. The number of thiazole rings is 1. The van der Waals surface area contributed by atoms with Gasteiger partial charge in [-0.2, -0.15) is 4.98 Å². The predicted octanol–water partition coefficient (Wildman–Crippen LogP) is 0.201. The van der Waals surface area contributed by atoms with Crippen LogP contribution < -0.4 is 16.2 Å². The molecule has 1 aliphatic heterocycles. The van der Waals surface area contributed by atoms with Crippen molar-refractivity contribution in [3.8, 4) is 0 Å². The predicted molar refractivity (Wildman–Crippen MR) is 82.8 cm³/mol. The van der Waals surface area contributed by atoms with E-state index in [2.05, 4.69) is 16.5 Å². The average Bonchev–Trinajstić information content (AvgIpc) is 3.00. The number of nitrogens with one attached hydrogen (secondary N) is 1. The monoisotopic (exact) mass is 324 g/mol. The molecule has 0 spiro atoms. The third kappa shape index (κ3) is 2.36. The van der Waals surface area contributed by atoms with Gasteiger partial charge < -0.3 is 15.6 Å². The lowest BCUT2D eigenvalue weighted by Gasteiger charge is -2.18. The first-order valence-corrected chi connectivity index (χ1v) is 7.64. The molecule has 0 aromatic carbocycles. The number of H-pyrrole nitrogens is 1. The summed E-state index contributed by atoms with van der Waals surface area (Å²) in [6.07, 6.45) is 2.04. The van der Waals surface area contributed by atoms with Crippen LogP contribution in [-0.4, -0.2) is 32.4 Å². The van der Waals surface area contributed by atoms with Gasteiger partial charge in [-0.15, -0.1) is 6.58 Å². The van der Waals surface area contributed by atoms with E-state index in [1.54, 1.807) is 6.08 Å². The third-order valence-corrected chi connectivity index (χ3v) is 4.66. The highest BCUT2D eigenvalue weighted by Crippen LogP contribution is 2.37. The molecular weight excluding hydrogens is 308 g/mol. The van der Waals surface area contributed by atoms with Crippen LogP contribution in [0.3, 0.4) is 0 Å². The SMILES string of the molecule is C=CC[C@@H]1C[C@@H](CO)O[C@H]1n1c(=O)sc2c(=O)[nH]c(N)nc21. The molecule has 118 valence electrons. The Bertz CT molecular complexity index is 824. The molecule has 0 unspecified atom stereocenters. The maximum absolute atomic E-state index is 12.3. The minimum Gasteiger partial charge on any atom is -0.394 e. The summed E-state index contributed by atoms with van der Waals surface area (Å²) < 4.78 is 7.34. The maximum Gasteiger partial charge on any atom is 0.311 e. The number of fused-ring (bicyclic) bond motifs is 1. The Balaban J connectivity index is 2.16. The van der Waals surface area contributed by atoms with Crippen LogP contribution in [0.2, 0.25) is 0 Å². The van der Waals surface area contributed by atoms with Gasteiger partial charge in [0, 0.05) is 5.92 Å². The van der Waals surface area contributed by atoms with Crippen molar-refractivity contribution < 1.29 is 9.84 Å². The summed E-state index contributed by atoms with van der Waals surface area (Å²) in [4.78, 5) is 30.3. The topological polar surface area (TPSA) is 123 Å². The second kappa shape index (κ2) is 5.67. The van der Waals surface area contributed by atoms with Crippen LogP contribution in [-0.2, 0) is 4.74 Å². The fourth-order valence-electron chi connectivity index (χ4n) is 2.80. The van der Waals surface area contributed by atoms with Crippen molar-refractivity contribution in [1.82, 2.24) is 14.5 Å². The highest BCUT2D eigenvalue weighted by atomic mass is 32.1. The molecule has 8 nitrogen and oxygen atoms in total. The summed E-state index contributed by atoms with van der Waals surface area (Å²) in [5, 5.41) is 9.31. The van der Waals surface area contributed by atoms with Crippen LogP contribution >= 0.6 is 11.3 Å². The summed E-state index contributed by atoms with van der Waals surface area (Å²) in [6.45, 7) is 3.58. The summed E-state index contributed by atoms with van der Waals surface area (Å²) in [7, 11) is 0. The van der Waals surface area contributed by atoms with E-state index in [-0.39, 0.29) is 39.8 Å². The molecule has 9 heteroatoms. The number of aromatic amines is 1. The minimum absolute atomic E-state index is 0.0209. The van der Waals surface area contributed by atoms with E-state index in [4.69, 9.17) is 10.5 Å². The van der Waals surface area contributed by atoms with E-state index in [0.717, 1.165) is 11.3 Å². The van der Waals surface area contributed by atoms with Gasteiger partial charge in [0.15, 0.2) is 5.65 Å². The number of aliphatic hydroxyl groups is 1. The number of aliphatic hydroxyl groups excluding tert-OH is 1. The van der Waals surface area contributed by atoms with Crippen molar-refractivity contribution in [2.24, 2.45) is 5.92 Å². The molecule has 0 aliphatic carbocycles. The van der Waals surface area contributed by atoms with E-state index in [0.29, 0.717) is 12.8 Å². The zero-order chi connectivity index (χ0) is 15.9. The van der Waals surface area contributed by atoms with Crippen LogP contribution in [0, 0.1) is 5.92 Å². The van der Waals surface area contributed by atoms with Crippen LogP contribution in [0.5, 0.6) is 0 Å². The molecule has 3 heterocycles. The van der Waals surface area contributed by atoms with Gasteiger partial charge in [-0.3, -0.25) is 19.1 Å². The number of nitrogens with zero attached hydrogens (tertiary/aromatic N) is 2. The summed E-state index contributed by atoms with van der Waals surface area (Å²) in [5.41, 5.74) is 5.35. The van der Waals surface area contributed by atoms with Gasteiger partial charge in [0.25, 0.3) is 5.56 Å². The molecule has 0 saturated carbocycles. The second-order valence-electron chi connectivity index (χ2n) is 5.19. The Kier molecular flexibility index (Phi) is 3.85. The van der Waals surface area contributed by atoms with Gasteiger partial charge >= 0.3 is 4.87 Å². The van der Waals surface area contributed by atoms with Gasteiger partial charge in [-0.1, -0.05) is 17.4 Å². The zero-order valence-electron chi connectivity index (χ0n) is 11.7. The largest absolute Gasteiger partial charge is 0.394 e. The van der Waals surface area contributed by atoms with E-state index >= 15 is 0 Å². The Morgan fingerprint density at radius 2 is 2.36 bits per heavy atom. The van der Waals surface area contributed by atoms with Crippen molar-refractivity contribution >= 4 is 27.6 Å². The number of rotatable bonds is 4. The lowest BCUT2D eigenvalue weighted by atomic mass is 9.99. The van der Waals surface area contributed by atoms with Crippen molar-refractivity contribution in [2.45, 2.75) is 25.2 Å². The number of hydrogen-bond donors (Lipinski definition) is 3. The molecule has 1 saturated heterocycles. The van der Waals surface area contributed by atoms with E-state index in [1.165, 1.54) is 4.57 Å². The summed E-state index contributed by atoms with van der Waals surface area (Å²) in [6, 6.07) is 0. The maximum atomic E-state index is 12.3. The normalized spacial score (nSPS) is 24.9. The first-order chi connectivity index (χ1) is 10.5. The highest BCUT2D eigenvalue weighted by Gasteiger charge is 2.37. The average molecular weight is 324 g/mol. The number of anilines is 1. The van der Waals surface area contributed by atoms with Crippen LogP contribution in [0.4, 0.5) is 5.95 Å². The van der Waals surface area contributed by atoms with E-state index in [9.17, 15) is 14.7 Å². The molecule has 22 heavy (non-hydrogen) atoms. The van der Waals surface area contributed by atoms with Gasteiger partial charge in [-0.05, 0) is 12.8 Å². The lowest BCUT2D eigenvalue weighted by Crippen LogP contribution is -2.25. The molecule has 2 aromatic rings. The Morgan fingerprint density at radius 1 is 1.59 bits per heavy atom. The number of nitrogen functional groups attached to an aromatic ring is 1.